The zero-order valence-electron chi connectivity index (χ0n) is 7.88. The Bertz CT molecular complexity index is 373. The minimum absolute atomic E-state index is 0.0671. The maximum absolute atomic E-state index is 10.3. The van der Waals surface area contributed by atoms with E-state index in [0.717, 1.165) is 6.08 Å². The van der Waals surface area contributed by atoms with Gasteiger partial charge in [0.2, 0.25) is 5.91 Å². The highest BCUT2D eigenvalue weighted by Crippen LogP contribution is 2.14. The molecule has 0 aliphatic carbocycles. The smallest absolute Gasteiger partial charge is 0.339 e. The normalized spacial score (nSPS) is 8.27. The summed E-state index contributed by atoms with van der Waals surface area (Å²) >= 11 is 0. The van der Waals surface area contributed by atoms with E-state index >= 15 is 0 Å². The molecule has 4 N–H and O–H groups in total. The van der Waals surface area contributed by atoms with Gasteiger partial charge in [0.05, 0.1) is 0 Å². The number of carbonyl (C=O) groups excluding carboxylic acids is 1. The van der Waals surface area contributed by atoms with E-state index in [1.165, 1.54) is 12.1 Å². The Hall–Kier alpha value is -2.30. The van der Waals surface area contributed by atoms with Crippen LogP contribution in [0.5, 0.6) is 5.75 Å². The minimum atomic E-state index is -1.11. The Morgan fingerprint density at radius 2 is 1.80 bits per heavy atom. The third kappa shape index (κ3) is 5.09. The van der Waals surface area contributed by atoms with Gasteiger partial charge in [0.15, 0.2) is 0 Å². The molecule has 0 atom stereocenters. The summed E-state index contributed by atoms with van der Waals surface area (Å²) in [5, 5.41) is 17.3. The van der Waals surface area contributed by atoms with Crippen molar-refractivity contribution >= 4 is 11.9 Å². The number of carboxylic acid groups (broad SMARTS) is 1. The van der Waals surface area contributed by atoms with E-state index in [1.807, 2.05) is 0 Å². The monoisotopic (exact) mass is 209 g/mol. The predicted octanol–water partition coefficient (Wildman–Crippen LogP) is 0.748. The van der Waals surface area contributed by atoms with Crippen LogP contribution in [0.2, 0.25) is 0 Å². The van der Waals surface area contributed by atoms with Crippen molar-refractivity contribution in [2.75, 3.05) is 0 Å². The quantitative estimate of drug-likeness (QED) is 0.625. The molecule has 0 heterocycles. The van der Waals surface area contributed by atoms with Crippen LogP contribution in [0, 0.1) is 0 Å². The molecule has 0 aromatic heterocycles. The second-order valence-electron chi connectivity index (χ2n) is 2.43. The Kier molecular flexibility index (Phi) is 5.25. The van der Waals surface area contributed by atoms with Crippen molar-refractivity contribution in [2.45, 2.75) is 0 Å². The van der Waals surface area contributed by atoms with E-state index in [0.29, 0.717) is 0 Å². The number of hydrogen-bond acceptors (Lipinski definition) is 3. The predicted molar refractivity (Wildman–Crippen MR) is 54.5 cm³/mol. The van der Waals surface area contributed by atoms with Crippen LogP contribution in [0.3, 0.4) is 0 Å². The molecular weight excluding hydrogens is 198 g/mol. The van der Waals surface area contributed by atoms with Gasteiger partial charge in [-0.1, -0.05) is 18.7 Å². The lowest BCUT2D eigenvalue weighted by Crippen LogP contribution is -2.04. The van der Waals surface area contributed by atoms with E-state index in [2.05, 4.69) is 12.3 Å². The molecule has 0 aliphatic heterocycles. The first-order valence-corrected chi connectivity index (χ1v) is 3.92. The van der Waals surface area contributed by atoms with E-state index in [-0.39, 0.29) is 11.3 Å². The fourth-order valence-electron chi connectivity index (χ4n) is 0.654. The number of benzene rings is 1. The molecule has 0 aliphatic rings. The van der Waals surface area contributed by atoms with Crippen LogP contribution < -0.4 is 5.73 Å². The van der Waals surface area contributed by atoms with Gasteiger partial charge in [0, 0.05) is 0 Å². The highest BCUT2D eigenvalue weighted by Gasteiger charge is 2.05. The molecule has 1 aromatic carbocycles. The molecule has 1 amide bonds. The van der Waals surface area contributed by atoms with Crippen LogP contribution in [0.25, 0.3) is 0 Å². The average molecular weight is 209 g/mol. The molecule has 1 rings (SSSR count). The second-order valence-corrected chi connectivity index (χ2v) is 2.43. The molecule has 0 spiro atoms. The third-order valence-electron chi connectivity index (χ3n) is 1.34. The van der Waals surface area contributed by atoms with Gasteiger partial charge in [-0.2, -0.15) is 0 Å². The van der Waals surface area contributed by atoms with Crippen LogP contribution in [-0.2, 0) is 4.79 Å². The van der Waals surface area contributed by atoms with Gasteiger partial charge in [-0.15, -0.1) is 0 Å². The molecule has 0 saturated heterocycles. The Labute approximate surface area is 86.5 Å². The van der Waals surface area contributed by atoms with Crippen LogP contribution in [0.1, 0.15) is 10.4 Å². The zero-order chi connectivity index (χ0) is 11.8. The van der Waals surface area contributed by atoms with Gasteiger partial charge in [0.25, 0.3) is 0 Å². The molecular formula is C10H11NO4. The SMILES string of the molecule is C=CC(N)=O.O=C(O)c1ccccc1O. The molecule has 80 valence electrons. The fourth-order valence-corrected chi connectivity index (χ4v) is 0.654. The van der Waals surface area contributed by atoms with Gasteiger partial charge in [-0.05, 0) is 18.2 Å². The first-order valence-electron chi connectivity index (χ1n) is 3.92. The highest BCUT2D eigenvalue weighted by atomic mass is 16.4. The third-order valence-corrected chi connectivity index (χ3v) is 1.34. The van der Waals surface area contributed by atoms with Crippen molar-refractivity contribution in [3.05, 3.63) is 42.5 Å². The molecule has 0 unspecified atom stereocenters. The van der Waals surface area contributed by atoms with Crippen LogP contribution in [0.4, 0.5) is 0 Å². The molecule has 0 saturated carbocycles. The largest absolute Gasteiger partial charge is 0.507 e. The van der Waals surface area contributed by atoms with Gasteiger partial charge in [-0.25, -0.2) is 4.79 Å². The minimum Gasteiger partial charge on any atom is -0.507 e. The van der Waals surface area contributed by atoms with Crippen molar-refractivity contribution in [2.24, 2.45) is 5.73 Å². The van der Waals surface area contributed by atoms with Crippen molar-refractivity contribution in [3.63, 3.8) is 0 Å². The van der Waals surface area contributed by atoms with E-state index in [1.54, 1.807) is 12.1 Å². The highest BCUT2D eigenvalue weighted by molar-refractivity contribution is 5.90. The fraction of sp³-hybridized carbons (Fsp3) is 0. The van der Waals surface area contributed by atoms with E-state index < -0.39 is 11.9 Å². The summed E-state index contributed by atoms with van der Waals surface area (Å²) in [7, 11) is 0. The summed E-state index contributed by atoms with van der Waals surface area (Å²) in [6.45, 7) is 3.09. The van der Waals surface area contributed by atoms with Gasteiger partial charge in [-0.3, -0.25) is 4.79 Å². The Balaban J connectivity index is 0.000000336. The number of aromatic hydroxyl groups is 1. The number of carbonyl (C=O) groups is 2. The number of carboxylic acids is 1. The molecule has 0 bridgehead atoms. The first kappa shape index (κ1) is 12.7. The summed E-state index contributed by atoms with van der Waals surface area (Å²) in [6, 6.07) is 5.81. The van der Waals surface area contributed by atoms with Crippen molar-refractivity contribution < 1.29 is 19.8 Å². The maximum Gasteiger partial charge on any atom is 0.339 e. The Morgan fingerprint density at radius 3 is 2.07 bits per heavy atom. The molecule has 0 fully saturated rings. The maximum atomic E-state index is 10.3. The summed E-state index contributed by atoms with van der Waals surface area (Å²) < 4.78 is 0. The molecule has 15 heavy (non-hydrogen) atoms. The standard InChI is InChI=1S/C7H6O3.C3H5NO/c8-6-4-2-1-3-5(6)7(9)10;1-2-3(4)5/h1-4,8H,(H,9,10);2H,1H2,(H2,4,5). The summed E-state index contributed by atoms with van der Waals surface area (Å²) in [4.78, 5) is 19.7. The van der Waals surface area contributed by atoms with Crippen LogP contribution in [0.15, 0.2) is 36.9 Å². The number of aromatic carboxylic acids is 1. The van der Waals surface area contributed by atoms with Gasteiger partial charge in [0.1, 0.15) is 11.3 Å². The molecule has 5 heteroatoms. The molecule has 0 radical (unpaired) electrons. The average Bonchev–Trinajstić information content (AvgIpc) is 2.19. The molecule has 5 nitrogen and oxygen atoms in total. The summed E-state index contributed by atoms with van der Waals surface area (Å²) in [5.41, 5.74) is 4.47. The van der Waals surface area contributed by atoms with Crippen LogP contribution in [-0.4, -0.2) is 22.1 Å². The van der Waals surface area contributed by atoms with Gasteiger partial charge < -0.3 is 15.9 Å². The van der Waals surface area contributed by atoms with E-state index in [4.69, 9.17) is 10.2 Å². The van der Waals surface area contributed by atoms with Crippen molar-refractivity contribution in [3.8, 4) is 5.75 Å². The number of para-hydroxylation sites is 1. The van der Waals surface area contributed by atoms with Crippen molar-refractivity contribution in [1.29, 1.82) is 0 Å². The second kappa shape index (κ2) is 6.20. The first-order chi connectivity index (χ1) is 6.99. The number of phenols is 1. The van der Waals surface area contributed by atoms with E-state index in [9.17, 15) is 9.59 Å². The number of hydrogen-bond donors (Lipinski definition) is 3. The lowest BCUT2D eigenvalue weighted by atomic mass is 10.2. The number of nitrogens with two attached hydrogens (primary N) is 1. The van der Waals surface area contributed by atoms with Crippen LogP contribution >= 0.6 is 0 Å². The summed E-state index contributed by atoms with van der Waals surface area (Å²) in [6.07, 6.45) is 1.06. The summed E-state index contributed by atoms with van der Waals surface area (Å²) in [5.74, 6) is -1.79. The number of primary amides is 1. The van der Waals surface area contributed by atoms with Gasteiger partial charge >= 0.3 is 5.97 Å². The lowest BCUT2D eigenvalue weighted by molar-refractivity contribution is -0.113. The topological polar surface area (TPSA) is 101 Å². The Morgan fingerprint density at radius 1 is 1.33 bits per heavy atom. The zero-order valence-corrected chi connectivity index (χ0v) is 7.88. The molecule has 1 aromatic rings. The van der Waals surface area contributed by atoms with Crippen molar-refractivity contribution in [1.82, 2.24) is 0 Å². The number of rotatable bonds is 2. The number of amides is 1. The lowest BCUT2D eigenvalue weighted by Gasteiger charge is -1.95.